The van der Waals surface area contributed by atoms with Crippen LogP contribution < -0.4 is 5.32 Å². The molecule has 0 aromatic rings. The minimum atomic E-state index is 0.757. The van der Waals surface area contributed by atoms with Gasteiger partial charge in [-0.05, 0) is 51.2 Å². The Morgan fingerprint density at radius 3 is 2.78 bits per heavy atom. The molecule has 0 saturated carbocycles. The molecule has 3 aliphatic heterocycles. The fourth-order valence-corrected chi connectivity index (χ4v) is 4.08. The molecule has 4 atom stereocenters. The summed E-state index contributed by atoms with van der Waals surface area (Å²) in [5.41, 5.74) is 0. The van der Waals surface area contributed by atoms with Crippen molar-refractivity contribution in [2.24, 2.45) is 11.8 Å². The summed E-state index contributed by atoms with van der Waals surface area (Å²) in [5, 5.41) is 3.55. The highest BCUT2D eigenvalue weighted by atomic mass is 15.3. The maximum atomic E-state index is 3.55. The van der Waals surface area contributed by atoms with Crippen LogP contribution in [0.5, 0.6) is 0 Å². The van der Waals surface area contributed by atoms with Gasteiger partial charge in [0.15, 0.2) is 0 Å². The first-order chi connectivity index (χ1) is 8.74. The number of piperidine rings is 1. The first kappa shape index (κ1) is 12.9. The Bertz CT molecular complexity index is 281. The average Bonchev–Trinajstić information content (AvgIpc) is 2.76. The van der Waals surface area contributed by atoms with Gasteiger partial charge < -0.3 is 5.32 Å². The molecule has 18 heavy (non-hydrogen) atoms. The third-order valence-electron chi connectivity index (χ3n) is 5.46. The second-order valence-corrected chi connectivity index (χ2v) is 6.84. The molecule has 0 radical (unpaired) electrons. The molecule has 0 aromatic carbocycles. The molecular formula is C15H29N3. The highest BCUT2D eigenvalue weighted by molar-refractivity contribution is 4.91. The smallest absolute Gasteiger partial charge is 0.0223 e. The molecule has 3 rings (SSSR count). The number of nitrogens with zero attached hydrogens (tertiary/aromatic N) is 2. The van der Waals surface area contributed by atoms with Gasteiger partial charge in [0, 0.05) is 31.7 Å². The van der Waals surface area contributed by atoms with Gasteiger partial charge in [-0.15, -0.1) is 0 Å². The van der Waals surface area contributed by atoms with Gasteiger partial charge in [0.1, 0.15) is 0 Å². The van der Waals surface area contributed by atoms with Crippen LogP contribution in [-0.4, -0.2) is 61.2 Å². The van der Waals surface area contributed by atoms with E-state index in [1.54, 1.807) is 0 Å². The van der Waals surface area contributed by atoms with E-state index in [2.05, 4.69) is 29.0 Å². The maximum Gasteiger partial charge on any atom is 0.0223 e. The SMILES string of the molecule is CC1CNCC1CN1CC2CCCCN2CC1C. The molecule has 3 heterocycles. The van der Waals surface area contributed by atoms with Crippen LogP contribution in [-0.2, 0) is 0 Å². The molecule has 4 unspecified atom stereocenters. The van der Waals surface area contributed by atoms with Crippen molar-refractivity contribution < 1.29 is 0 Å². The summed E-state index contributed by atoms with van der Waals surface area (Å²) in [7, 11) is 0. The minimum absolute atomic E-state index is 0.757. The predicted molar refractivity (Wildman–Crippen MR) is 75.8 cm³/mol. The zero-order valence-electron chi connectivity index (χ0n) is 12.1. The Hall–Kier alpha value is -0.120. The molecule has 0 spiro atoms. The number of hydrogen-bond donors (Lipinski definition) is 1. The lowest BCUT2D eigenvalue weighted by molar-refractivity contribution is 0.00655. The lowest BCUT2D eigenvalue weighted by Gasteiger charge is -2.48. The number of hydrogen-bond acceptors (Lipinski definition) is 3. The lowest BCUT2D eigenvalue weighted by atomic mass is 9.93. The molecule has 3 nitrogen and oxygen atoms in total. The fourth-order valence-electron chi connectivity index (χ4n) is 4.08. The van der Waals surface area contributed by atoms with Gasteiger partial charge in [-0.25, -0.2) is 0 Å². The average molecular weight is 251 g/mol. The van der Waals surface area contributed by atoms with Crippen molar-refractivity contribution in [2.45, 2.75) is 45.2 Å². The van der Waals surface area contributed by atoms with Gasteiger partial charge in [-0.1, -0.05) is 13.3 Å². The van der Waals surface area contributed by atoms with Crippen LogP contribution in [0.2, 0.25) is 0 Å². The molecule has 3 fully saturated rings. The molecule has 104 valence electrons. The normalized spacial score (nSPS) is 43.0. The van der Waals surface area contributed by atoms with Crippen molar-refractivity contribution in [1.29, 1.82) is 0 Å². The predicted octanol–water partition coefficient (Wildman–Crippen LogP) is 1.40. The van der Waals surface area contributed by atoms with Crippen molar-refractivity contribution in [1.82, 2.24) is 15.1 Å². The molecule has 0 aliphatic carbocycles. The second-order valence-electron chi connectivity index (χ2n) is 6.84. The maximum absolute atomic E-state index is 3.55. The van der Waals surface area contributed by atoms with Crippen molar-refractivity contribution in [2.75, 3.05) is 39.3 Å². The highest BCUT2D eigenvalue weighted by Crippen LogP contribution is 2.26. The molecule has 0 aromatic heterocycles. The van der Waals surface area contributed by atoms with Crippen LogP contribution >= 0.6 is 0 Å². The van der Waals surface area contributed by atoms with Crippen molar-refractivity contribution in [3.05, 3.63) is 0 Å². The molecule has 3 saturated heterocycles. The summed E-state index contributed by atoms with van der Waals surface area (Å²) in [6.45, 7) is 12.6. The van der Waals surface area contributed by atoms with Crippen LogP contribution in [0.25, 0.3) is 0 Å². The van der Waals surface area contributed by atoms with Gasteiger partial charge in [0.2, 0.25) is 0 Å². The number of nitrogens with one attached hydrogen (secondary N) is 1. The molecule has 0 amide bonds. The van der Waals surface area contributed by atoms with Crippen LogP contribution in [0.15, 0.2) is 0 Å². The van der Waals surface area contributed by atoms with E-state index < -0.39 is 0 Å². The Morgan fingerprint density at radius 2 is 2.00 bits per heavy atom. The van der Waals surface area contributed by atoms with Crippen molar-refractivity contribution >= 4 is 0 Å². The molecule has 0 bridgehead atoms. The first-order valence-electron chi connectivity index (χ1n) is 7.93. The van der Waals surface area contributed by atoms with Crippen LogP contribution in [0.3, 0.4) is 0 Å². The van der Waals surface area contributed by atoms with Crippen molar-refractivity contribution in [3.63, 3.8) is 0 Å². The monoisotopic (exact) mass is 251 g/mol. The van der Waals surface area contributed by atoms with E-state index in [4.69, 9.17) is 0 Å². The fraction of sp³-hybridized carbons (Fsp3) is 1.00. The largest absolute Gasteiger partial charge is 0.316 e. The van der Waals surface area contributed by atoms with Crippen LogP contribution in [0, 0.1) is 11.8 Å². The summed E-state index contributed by atoms with van der Waals surface area (Å²) in [6, 6.07) is 1.62. The van der Waals surface area contributed by atoms with E-state index >= 15 is 0 Å². The Balaban J connectivity index is 1.58. The zero-order valence-corrected chi connectivity index (χ0v) is 12.1. The summed E-state index contributed by atoms with van der Waals surface area (Å²) in [4.78, 5) is 5.53. The van der Waals surface area contributed by atoms with Crippen LogP contribution in [0.1, 0.15) is 33.1 Å². The molecule has 1 N–H and O–H groups in total. The first-order valence-corrected chi connectivity index (χ1v) is 7.93. The topological polar surface area (TPSA) is 18.5 Å². The lowest BCUT2D eigenvalue weighted by Crippen LogP contribution is -2.59. The van der Waals surface area contributed by atoms with Crippen molar-refractivity contribution in [3.8, 4) is 0 Å². The van der Waals surface area contributed by atoms with Crippen LogP contribution in [0.4, 0.5) is 0 Å². The van der Waals surface area contributed by atoms with Gasteiger partial charge in [-0.2, -0.15) is 0 Å². The Kier molecular flexibility index (Phi) is 3.92. The van der Waals surface area contributed by atoms with E-state index in [0.717, 1.165) is 23.9 Å². The zero-order chi connectivity index (χ0) is 12.5. The third-order valence-corrected chi connectivity index (χ3v) is 5.46. The summed E-state index contributed by atoms with van der Waals surface area (Å²) >= 11 is 0. The van der Waals surface area contributed by atoms with E-state index in [1.807, 2.05) is 0 Å². The Labute approximate surface area is 112 Å². The third kappa shape index (κ3) is 2.59. The molecule has 3 heteroatoms. The summed E-state index contributed by atoms with van der Waals surface area (Å²) < 4.78 is 0. The second kappa shape index (κ2) is 5.48. The highest BCUT2D eigenvalue weighted by Gasteiger charge is 2.35. The number of rotatable bonds is 2. The van der Waals surface area contributed by atoms with E-state index in [1.165, 1.54) is 58.5 Å². The van der Waals surface area contributed by atoms with Gasteiger partial charge in [-0.3, -0.25) is 9.80 Å². The number of fused-ring (bicyclic) bond motifs is 1. The summed E-state index contributed by atoms with van der Waals surface area (Å²) in [5.74, 6) is 1.74. The van der Waals surface area contributed by atoms with E-state index in [0.29, 0.717) is 0 Å². The quantitative estimate of drug-likeness (QED) is 0.800. The standard InChI is InChI=1S/C15H29N3/c1-12-7-16-8-14(12)10-18-11-15-5-3-4-6-17(15)9-13(18)2/h12-16H,3-11H2,1-2H3. The van der Waals surface area contributed by atoms with Gasteiger partial charge >= 0.3 is 0 Å². The Morgan fingerprint density at radius 1 is 1.11 bits per heavy atom. The van der Waals surface area contributed by atoms with E-state index in [9.17, 15) is 0 Å². The van der Waals surface area contributed by atoms with Gasteiger partial charge in [0.05, 0.1) is 0 Å². The summed E-state index contributed by atoms with van der Waals surface area (Å²) in [6.07, 6.45) is 4.30. The molecule has 3 aliphatic rings. The van der Waals surface area contributed by atoms with Gasteiger partial charge in [0.25, 0.3) is 0 Å². The minimum Gasteiger partial charge on any atom is -0.316 e. The number of piperazine rings is 1. The molecular weight excluding hydrogens is 222 g/mol. The van der Waals surface area contributed by atoms with E-state index in [-0.39, 0.29) is 0 Å².